The van der Waals surface area contributed by atoms with Crippen LogP contribution in [0.4, 0.5) is 0 Å². The van der Waals surface area contributed by atoms with Gasteiger partial charge in [-0.1, -0.05) is 32.6 Å². The minimum absolute atomic E-state index is 0.163. The summed E-state index contributed by atoms with van der Waals surface area (Å²) < 4.78 is 0. The number of nitrogens with zero attached hydrogens (tertiary/aromatic N) is 1. The Balaban J connectivity index is 2.54. The van der Waals surface area contributed by atoms with Gasteiger partial charge in [0.1, 0.15) is 0 Å². The molecule has 0 saturated heterocycles. The van der Waals surface area contributed by atoms with Crippen molar-refractivity contribution in [1.82, 2.24) is 4.90 Å². The molecule has 0 aromatic heterocycles. The van der Waals surface area contributed by atoms with Gasteiger partial charge in [-0.25, -0.2) is 0 Å². The van der Waals surface area contributed by atoms with Crippen LogP contribution in [-0.2, 0) is 4.79 Å². The van der Waals surface area contributed by atoms with Crippen molar-refractivity contribution < 1.29 is 4.79 Å². The van der Waals surface area contributed by atoms with Gasteiger partial charge in [0.2, 0.25) is 5.91 Å². The molecule has 0 aromatic carbocycles. The molecular weight excluding hydrogens is 200 g/mol. The normalized spacial score (nSPS) is 19.4. The molecule has 16 heavy (non-hydrogen) atoms. The molecule has 1 atom stereocenters. The maximum atomic E-state index is 12.2. The van der Waals surface area contributed by atoms with Crippen LogP contribution in [0.5, 0.6) is 0 Å². The third-order valence-electron chi connectivity index (χ3n) is 3.56. The number of hydrogen-bond donors (Lipinski definition) is 1. The van der Waals surface area contributed by atoms with Crippen molar-refractivity contribution in [2.75, 3.05) is 6.54 Å². The Labute approximate surface area is 99.4 Å². The van der Waals surface area contributed by atoms with Gasteiger partial charge in [-0.3, -0.25) is 4.79 Å². The van der Waals surface area contributed by atoms with Crippen molar-refractivity contribution in [3.63, 3.8) is 0 Å². The van der Waals surface area contributed by atoms with Crippen LogP contribution in [0.25, 0.3) is 0 Å². The lowest BCUT2D eigenvalue weighted by Crippen LogP contribution is -2.49. The van der Waals surface area contributed by atoms with E-state index in [0.29, 0.717) is 6.04 Å². The first-order valence-corrected chi connectivity index (χ1v) is 6.76. The van der Waals surface area contributed by atoms with Crippen molar-refractivity contribution in [1.29, 1.82) is 0 Å². The Morgan fingerprint density at radius 1 is 1.31 bits per heavy atom. The second-order valence-electron chi connectivity index (χ2n) is 4.81. The van der Waals surface area contributed by atoms with Gasteiger partial charge >= 0.3 is 0 Å². The number of rotatable bonds is 5. The SMILES string of the molecule is CCC[C@@H](N)C(=O)N(CC)C1CCCCC1. The summed E-state index contributed by atoms with van der Waals surface area (Å²) in [6, 6.07) is 0.168. The first-order valence-electron chi connectivity index (χ1n) is 6.76. The molecule has 0 aromatic rings. The number of carbonyl (C=O) groups is 1. The molecule has 0 aliphatic heterocycles. The molecule has 1 rings (SSSR count). The molecule has 1 fully saturated rings. The molecule has 3 heteroatoms. The third kappa shape index (κ3) is 3.48. The minimum Gasteiger partial charge on any atom is -0.339 e. The lowest BCUT2D eigenvalue weighted by molar-refractivity contribution is -0.135. The fourth-order valence-electron chi connectivity index (χ4n) is 2.63. The van der Waals surface area contributed by atoms with Crippen LogP contribution >= 0.6 is 0 Å². The Bertz CT molecular complexity index is 212. The molecule has 0 heterocycles. The van der Waals surface area contributed by atoms with Crippen LogP contribution in [0.2, 0.25) is 0 Å². The molecular formula is C13H26N2O. The molecule has 0 spiro atoms. The maximum Gasteiger partial charge on any atom is 0.239 e. The van der Waals surface area contributed by atoms with Crippen LogP contribution in [0, 0.1) is 0 Å². The van der Waals surface area contributed by atoms with Gasteiger partial charge in [0.15, 0.2) is 0 Å². The van der Waals surface area contributed by atoms with E-state index in [2.05, 4.69) is 13.8 Å². The molecule has 1 saturated carbocycles. The minimum atomic E-state index is -0.285. The first kappa shape index (κ1) is 13.5. The lowest BCUT2D eigenvalue weighted by atomic mass is 9.93. The summed E-state index contributed by atoms with van der Waals surface area (Å²) in [5, 5.41) is 0. The second kappa shape index (κ2) is 6.89. The van der Waals surface area contributed by atoms with Gasteiger partial charge in [-0.2, -0.15) is 0 Å². The molecule has 94 valence electrons. The fraction of sp³-hybridized carbons (Fsp3) is 0.923. The van der Waals surface area contributed by atoms with E-state index in [-0.39, 0.29) is 11.9 Å². The smallest absolute Gasteiger partial charge is 0.239 e. The van der Waals surface area contributed by atoms with E-state index in [0.717, 1.165) is 19.4 Å². The van der Waals surface area contributed by atoms with E-state index in [1.54, 1.807) is 0 Å². The highest BCUT2D eigenvalue weighted by molar-refractivity contribution is 5.81. The van der Waals surface area contributed by atoms with Crippen LogP contribution < -0.4 is 5.73 Å². The van der Waals surface area contributed by atoms with Gasteiger partial charge in [0, 0.05) is 12.6 Å². The zero-order valence-electron chi connectivity index (χ0n) is 10.7. The quantitative estimate of drug-likeness (QED) is 0.782. The first-order chi connectivity index (χ1) is 7.70. The van der Waals surface area contributed by atoms with Crippen LogP contribution in [-0.4, -0.2) is 29.4 Å². The summed E-state index contributed by atoms with van der Waals surface area (Å²) in [6.45, 7) is 4.94. The standard InChI is InChI=1S/C13H26N2O/c1-3-8-12(14)13(16)15(4-2)11-9-6-5-7-10-11/h11-12H,3-10,14H2,1-2H3/t12-/m1/s1. The Hall–Kier alpha value is -0.570. The molecule has 0 bridgehead atoms. The molecule has 1 aliphatic carbocycles. The predicted molar refractivity (Wildman–Crippen MR) is 67.1 cm³/mol. The Morgan fingerprint density at radius 3 is 2.44 bits per heavy atom. The van der Waals surface area contributed by atoms with Crippen LogP contribution in [0.15, 0.2) is 0 Å². The zero-order chi connectivity index (χ0) is 12.0. The summed E-state index contributed by atoms with van der Waals surface area (Å²) in [5.41, 5.74) is 5.92. The van der Waals surface area contributed by atoms with E-state index in [1.165, 1.54) is 32.1 Å². The van der Waals surface area contributed by atoms with Crippen LogP contribution in [0.3, 0.4) is 0 Å². The maximum absolute atomic E-state index is 12.2. The highest BCUT2D eigenvalue weighted by atomic mass is 16.2. The van der Waals surface area contributed by atoms with Gasteiger partial charge in [0.05, 0.1) is 6.04 Å². The molecule has 1 amide bonds. The van der Waals surface area contributed by atoms with Crippen molar-refractivity contribution in [2.24, 2.45) is 5.73 Å². The van der Waals surface area contributed by atoms with Crippen molar-refractivity contribution in [3.8, 4) is 0 Å². The van der Waals surface area contributed by atoms with Gasteiger partial charge in [-0.05, 0) is 26.2 Å². The summed E-state index contributed by atoms with van der Waals surface area (Å²) in [5.74, 6) is 0.163. The highest BCUT2D eigenvalue weighted by Gasteiger charge is 2.26. The van der Waals surface area contributed by atoms with E-state index >= 15 is 0 Å². The Kier molecular flexibility index (Phi) is 5.81. The van der Waals surface area contributed by atoms with E-state index in [4.69, 9.17) is 5.73 Å². The summed E-state index contributed by atoms with van der Waals surface area (Å²) >= 11 is 0. The molecule has 2 N–H and O–H groups in total. The van der Waals surface area contributed by atoms with E-state index in [9.17, 15) is 4.79 Å². The topological polar surface area (TPSA) is 46.3 Å². The summed E-state index contributed by atoms with van der Waals surface area (Å²) in [4.78, 5) is 14.2. The zero-order valence-corrected chi connectivity index (χ0v) is 10.7. The Morgan fingerprint density at radius 2 is 1.94 bits per heavy atom. The van der Waals surface area contributed by atoms with Gasteiger partial charge < -0.3 is 10.6 Å². The number of nitrogens with two attached hydrogens (primary N) is 1. The van der Waals surface area contributed by atoms with E-state index < -0.39 is 0 Å². The highest BCUT2D eigenvalue weighted by Crippen LogP contribution is 2.23. The van der Waals surface area contributed by atoms with Crippen molar-refractivity contribution in [3.05, 3.63) is 0 Å². The molecule has 1 aliphatic rings. The average Bonchev–Trinajstić information content (AvgIpc) is 2.31. The fourth-order valence-corrected chi connectivity index (χ4v) is 2.63. The van der Waals surface area contributed by atoms with E-state index in [1.807, 2.05) is 4.90 Å². The number of amides is 1. The monoisotopic (exact) mass is 226 g/mol. The number of hydrogen-bond acceptors (Lipinski definition) is 2. The number of likely N-dealkylation sites (N-methyl/N-ethyl adjacent to an activating group) is 1. The summed E-state index contributed by atoms with van der Waals surface area (Å²) in [6.07, 6.45) is 7.96. The second-order valence-corrected chi connectivity index (χ2v) is 4.81. The molecule has 0 radical (unpaired) electrons. The van der Waals surface area contributed by atoms with Gasteiger partial charge in [-0.15, -0.1) is 0 Å². The molecule has 3 nitrogen and oxygen atoms in total. The summed E-state index contributed by atoms with van der Waals surface area (Å²) in [7, 11) is 0. The number of carbonyl (C=O) groups excluding carboxylic acids is 1. The van der Waals surface area contributed by atoms with Crippen molar-refractivity contribution in [2.45, 2.75) is 70.9 Å². The average molecular weight is 226 g/mol. The van der Waals surface area contributed by atoms with Crippen molar-refractivity contribution >= 4 is 5.91 Å². The lowest BCUT2D eigenvalue weighted by Gasteiger charge is -2.35. The predicted octanol–water partition coefficient (Wildman–Crippen LogP) is 2.29. The molecule has 0 unspecified atom stereocenters. The third-order valence-corrected chi connectivity index (χ3v) is 3.56. The largest absolute Gasteiger partial charge is 0.339 e. The van der Waals surface area contributed by atoms with Gasteiger partial charge in [0.25, 0.3) is 0 Å². The van der Waals surface area contributed by atoms with Crippen LogP contribution in [0.1, 0.15) is 58.8 Å².